The number of rotatable bonds is 6. The summed E-state index contributed by atoms with van der Waals surface area (Å²) in [5, 5.41) is 6.94. The molecule has 118 valence electrons. The van der Waals surface area contributed by atoms with Crippen molar-refractivity contribution in [3.8, 4) is 5.75 Å². The number of nitrogens with one attached hydrogen (secondary N) is 2. The second kappa shape index (κ2) is 7.82. The summed E-state index contributed by atoms with van der Waals surface area (Å²) in [6, 6.07) is 11.6. The highest BCUT2D eigenvalue weighted by Crippen LogP contribution is 2.18. The van der Waals surface area contributed by atoms with E-state index in [0.717, 1.165) is 17.2 Å². The fraction of sp³-hybridized carbons (Fsp3) is 0.312. The predicted octanol–water partition coefficient (Wildman–Crippen LogP) is 2.88. The smallest absolute Gasteiger partial charge is 0.170 e. The summed E-state index contributed by atoms with van der Waals surface area (Å²) in [7, 11) is 5.66. The average Bonchev–Trinajstić information content (AvgIpc) is 3.02. The van der Waals surface area contributed by atoms with Crippen LogP contribution < -0.4 is 15.4 Å². The Labute approximate surface area is 136 Å². The molecule has 2 aromatic rings. The quantitative estimate of drug-likeness (QED) is 0.799. The molecule has 1 heterocycles. The van der Waals surface area contributed by atoms with Crippen molar-refractivity contribution in [1.29, 1.82) is 0 Å². The van der Waals surface area contributed by atoms with Gasteiger partial charge in [0.15, 0.2) is 5.11 Å². The number of anilines is 1. The summed E-state index contributed by atoms with van der Waals surface area (Å²) in [5.41, 5.74) is 0.915. The molecule has 6 heteroatoms. The van der Waals surface area contributed by atoms with Gasteiger partial charge < -0.3 is 19.8 Å². The first kappa shape index (κ1) is 16.3. The number of ether oxygens (including phenoxy) is 1. The molecule has 0 bridgehead atoms. The summed E-state index contributed by atoms with van der Waals surface area (Å²) < 4.78 is 10.6. The molecular formula is C16H21N3O2S. The Bertz CT molecular complexity index is 582. The molecule has 1 atom stereocenters. The van der Waals surface area contributed by atoms with Crippen LogP contribution in [0.4, 0.5) is 5.69 Å². The molecule has 5 nitrogen and oxygen atoms in total. The molecule has 1 unspecified atom stereocenters. The molecule has 22 heavy (non-hydrogen) atoms. The van der Waals surface area contributed by atoms with Gasteiger partial charge in [0.1, 0.15) is 11.5 Å². The van der Waals surface area contributed by atoms with Crippen LogP contribution in [-0.2, 0) is 0 Å². The zero-order valence-electron chi connectivity index (χ0n) is 13.0. The number of hydrogen-bond acceptors (Lipinski definition) is 4. The summed E-state index contributed by atoms with van der Waals surface area (Å²) >= 11 is 5.33. The fourth-order valence-corrected chi connectivity index (χ4v) is 2.26. The Morgan fingerprint density at radius 2 is 2.00 bits per heavy atom. The van der Waals surface area contributed by atoms with Gasteiger partial charge in [-0.15, -0.1) is 0 Å². The van der Waals surface area contributed by atoms with Crippen LogP contribution in [0.5, 0.6) is 5.75 Å². The third kappa shape index (κ3) is 4.47. The highest BCUT2D eigenvalue weighted by atomic mass is 32.1. The summed E-state index contributed by atoms with van der Waals surface area (Å²) in [6.45, 7) is 0.655. The first-order valence-corrected chi connectivity index (χ1v) is 7.39. The van der Waals surface area contributed by atoms with Gasteiger partial charge in [-0.05, 0) is 62.7 Å². The fourth-order valence-electron chi connectivity index (χ4n) is 2.06. The molecule has 0 spiro atoms. The van der Waals surface area contributed by atoms with E-state index in [1.807, 2.05) is 50.5 Å². The van der Waals surface area contributed by atoms with Crippen LogP contribution in [0.25, 0.3) is 0 Å². The first-order valence-electron chi connectivity index (χ1n) is 6.99. The van der Waals surface area contributed by atoms with E-state index in [0.29, 0.717) is 11.7 Å². The van der Waals surface area contributed by atoms with Gasteiger partial charge in [0, 0.05) is 12.2 Å². The molecule has 0 aliphatic rings. The van der Waals surface area contributed by atoms with Crippen molar-refractivity contribution >= 4 is 23.0 Å². The van der Waals surface area contributed by atoms with Crippen LogP contribution in [0.15, 0.2) is 47.1 Å². The number of hydrogen-bond donors (Lipinski definition) is 2. The van der Waals surface area contributed by atoms with Crippen molar-refractivity contribution in [2.24, 2.45) is 0 Å². The zero-order valence-corrected chi connectivity index (χ0v) is 13.8. The van der Waals surface area contributed by atoms with Crippen LogP contribution >= 0.6 is 12.2 Å². The number of methoxy groups -OCH3 is 1. The molecule has 0 aliphatic heterocycles. The van der Waals surface area contributed by atoms with E-state index in [-0.39, 0.29) is 6.04 Å². The molecule has 1 aromatic heterocycles. The van der Waals surface area contributed by atoms with Gasteiger partial charge in [0.05, 0.1) is 19.4 Å². The zero-order chi connectivity index (χ0) is 15.9. The lowest BCUT2D eigenvalue weighted by molar-refractivity contribution is 0.259. The molecule has 2 N–H and O–H groups in total. The number of likely N-dealkylation sites (N-methyl/N-ethyl adjacent to an activating group) is 1. The normalized spacial score (nSPS) is 12.0. The number of nitrogens with zero attached hydrogens (tertiary/aromatic N) is 1. The minimum absolute atomic E-state index is 0.116. The molecular weight excluding hydrogens is 298 g/mol. The van der Waals surface area contributed by atoms with Crippen LogP contribution in [-0.4, -0.2) is 37.8 Å². The minimum atomic E-state index is 0.116. The lowest BCUT2D eigenvalue weighted by atomic mass is 10.2. The monoisotopic (exact) mass is 319 g/mol. The van der Waals surface area contributed by atoms with Gasteiger partial charge in [-0.3, -0.25) is 4.90 Å². The maximum absolute atomic E-state index is 5.47. The highest BCUT2D eigenvalue weighted by Gasteiger charge is 2.16. The third-order valence-corrected chi connectivity index (χ3v) is 3.55. The van der Waals surface area contributed by atoms with Gasteiger partial charge in [0.2, 0.25) is 0 Å². The Morgan fingerprint density at radius 1 is 1.27 bits per heavy atom. The van der Waals surface area contributed by atoms with Crippen molar-refractivity contribution in [3.63, 3.8) is 0 Å². The Morgan fingerprint density at radius 3 is 2.55 bits per heavy atom. The topological polar surface area (TPSA) is 49.7 Å². The van der Waals surface area contributed by atoms with E-state index in [1.54, 1.807) is 13.4 Å². The van der Waals surface area contributed by atoms with E-state index in [9.17, 15) is 0 Å². The van der Waals surface area contributed by atoms with Crippen molar-refractivity contribution in [1.82, 2.24) is 10.2 Å². The maximum atomic E-state index is 5.47. The van der Waals surface area contributed by atoms with Crippen molar-refractivity contribution in [2.75, 3.05) is 33.1 Å². The largest absolute Gasteiger partial charge is 0.497 e. The second-order valence-corrected chi connectivity index (χ2v) is 5.47. The molecule has 0 fully saturated rings. The SMILES string of the molecule is COc1ccc(NC(=S)NCC(c2ccco2)N(C)C)cc1. The van der Waals surface area contributed by atoms with Gasteiger partial charge in [0.25, 0.3) is 0 Å². The summed E-state index contributed by atoms with van der Waals surface area (Å²) in [4.78, 5) is 2.09. The minimum Gasteiger partial charge on any atom is -0.497 e. The summed E-state index contributed by atoms with van der Waals surface area (Å²) in [5.74, 6) is 1.72. The third-order valence-electron chi connectivity index (χ3n) is 3.30. The predicted molar refractivity (Wildman–Crippen MR) is 92.4 cm³/mol. The average molecular weight is 319 g/mol. The lowest BCUT2D eigenvalue weighted by Crippen LogP contribution is -2.36. The van der Waals surface area contributed by atoms with E-state index in [4.69, 9.17) is 21.4 Å². The van der Waals surface area contributed by atoms with Crippen LogP contribution in [0.1, 0.15) is 11.8 Å². The number of furan rings is 1. The van der Waals surface area contributed by atoms with Crippen molar-refractivity contribution in [2.45, 2.75) is 6.04 Å². The van der Waals surface area contributed by atoms with Gasteiger partial charge in [-0.1, -0.05) is 0 Å². The van der Waals surface area contributed by atoms with Gasteiger partial charge in [-0.2, -0.15) is 0 Å². The molecule has 2 rings (SSSR count). The molecule has 0 radical (unpaired) electrons. The first-order chi connectivity index (χ1) is 10.6. The Kier molecular flexibility index (Phi) is 5.80. The van der Waals surface area contributed by atoms with E-state index in [1.165, 1.54) is 0 Å². The van der Waals surface area contributed by atoms with Gasteiger partial charge >= 0.3 is 0 Å². The van der Waals surface area contributed by atoms with E-state index in [2.05, 4.69) is 15.5 Å². The van der Waals surface area contributed by atoms with E-state index < -0.39 is 0 Å². The highest BCUT2D eigenvalue weighted by molar-refractivity contribution is 7.80. The number of thiocarbonyl (C=S) groups is 1. The Balaban J connectivity index is 1.88. The molecule has 0 saturated heterocycles. The van der Waals surface area contributed by atoms with Gasteiger partial charge in [-0.25, -0.2) is 0 Å². The molecule has 0 amide bonds. The molecule has 0 aliphatic carbocycles. The summed E-state index contributed by atoms with van der Waals surface area (Å²) in [6.07, 6.45) is 1.68. The Hall–Kier alpha value is -2.05. The number of benzene rings is 1. The second-order valence-electron chi connectivity index (χ2n) is 5.06. The van der Waals surface area contributed by atoms with E-state index >= 15 is 0 Å². The van der Waals surface area contributed by atoms with Crippen molar-refractivity contribution in [3.05, 3.63) is 48.4 Å². The van der Waals surface area contributed by atoms with Crippen LogP contribution in [0, 0.1) is 0 Å². The molecule has 1 aromatic carbocycles. The van der Waals surface area contributed by atoms with Crippen LogP contribution in [0.3, 0.4) is 0 Å². The van der Waals surface area contributed by atoms with Crippen LogP contribution in [0.2, 0.25) is 0 Å². The van der Waals surface area contributed by atoms with Crippen molar-refractivity contribution < 1.29 is 9.15 Å². The maximum Gasteiger partial charge on any atom is 0.170 e. The molecule has 0 saturated carbocycles. The standard InChI is InChI=1S/C16H21N3O2S/c1-19(2)14(15-5-4-10-21-15)11-17-16(22)18-12-6-8-13(20-3)9-7-12/h4-10,14H,11H2,1-3H3,(H2,17,18,22). The lowest BCUT2D eigenvalue weighted by Gasteiger charge is -2.23.